The van der Waals surface area contributed by atoms with E-state index in [1.54, 1.807) is 21.0 Å². The van der Waals surface area contributed by atoms with E-state index >= 15 is 0 Å². The van der Waals surface area contributed by atoms with Gasteiger partial charge >= 0.3 is 0 Å². The van der Waals surface area contributed by atoms with Crippen molar-refractivity contribution >= 4 is 24.2 Å². The highest BCUT2D eigenvalue weighted by Gasteiger charge is 2.33. The molecule has 3 atom stereocenters. The number of nitrogens with zero attached hydrogens (tertiary/aromatic N) is 1. The van der Waals surface area contributed by atoms with Crippen LogP contribution in [0.25, 0.3) is 0 Å². The fourth-order valence-electron chi connectivity index (χ4n) is 2.37. The Morgan fingerprint density at radius 3 is 2.52 bits per heavy atom. The molecule has 6 nitrogen and oxygen atoms in total. The molecular weight excluding hydrogens is 294 g/mol. The first kappa shape index (κ1) is 20.1. The monoisotopic (exact) mass is 321 g/mol. The molecule has 7 heteroatoms. The van der Waals surface area contributed by atoms with Gasteiger partial charge < -0.3 is 20.7 Å². The van der Waals surface area contributed by atoms with Crippen molar-refractivity contribution in [1.82, 2.24) is 10.2 Å². The smallest absolute Gasteiger partial charge is 0.251 e. The number of nitrogens with one attached hydrogen (secondary N) is 1. The van der Waals surface area contributed by atoms with Gasteiger partial charge in [0.2, 0.25) is 5.91 Å². The van der Waals surface area contributed by atoms with Crippen molar-refractivity contribution in [3.05, 3.63) is 0 Å². The van der Waals surface area contributed by atoms with Gasteiger partial charge in [0.25, 0.3) is 5.91 Å². The molecule has 1 rings (SSSR count). The van der Waals surface area contributed by atoms with Gasteiger partial charge in [0.15, 0.2) is 0 Å². The molecule has 0 aromatic carbocycles. The first-order chi connectivity index (χ1) is 9.27. The lowest BCUT2D eigenvalue weighted by Crippen LogP contribution is -2.52. The molecule has 1 fully saturated rings. The predicted octanol–water partition coefficient (Wildman–Crippen LogP) is 0.678. The molecule has 0 spiro atoms. The highest BCUT2D eigenvalue weighted by molar-refractivity contribution is 5.85. The zero-order valence-corrected chi connectivity index (χ0v) is 14.2. The zero-order valence-electron chi connectivity index (χ0n) is 13.3. The summed E-state index contributed by atoms with van der Waals surface area (Å²) in [6.45, 7) is 4.14. The Kier molecular flexibility index (Phi) is 8.21. The van der Waals surface area contributed by atoms with E-state index in [0.717, 1.165) is 12.8 Å². The quantitative estimate of drug-likeness (QED) is 0.753. The lowest BCUT2D eigenvalue weighted by Gasteiger charge is -2.24. The molecule has 21 heavy (non-hydrogen) atoms. The molecule has 3 unspecified atom stereocenters. The van der Waals surface area contributed by atoms with Crippen molar-refractivity contribution in [3.63, 3.8) is 0 Å². The molecule has 0 saturated carbocycles. The minimum atomic E-state index is -0.841. The van der Waals surface area contributed by atoms with Crippen LogP contribution in [-0.2, 0) is 14.3 Å². The summed E-state index contributed by atoms with van der Waals surface area (Å²) in [6.07, 6.45) is 2.50. The molecule has 1 aliphatic rings. The van der Waals surface area contributed by atoms with Crippen LogP contribution in [0.3, 0.4) is 0 Å². The van der Waals surface area contributed by atoms with Crippen LogP contribution < -0.4 is 11.1 Å². The summed E-state index contributed by atoms with van der Waals surface area (Å²) in [5.74, 6) is -0.182. The highest BCUT2D eigenvalue weighted by Crippen LogP contribution is 2.20. The van der Waals surface area contributed by atoms with Crippen LogP contribution in [0.5, 0.6) is 0 Å². The maximum absolute atomic E-state index is 12.0. The molecule has 1 saturated heterocycles. The van der Waals surface area contributed by atoms with E-state index in [2.05, 4.69) is 5.32 Å². The molecule has 0 aromatic heterocycles. The van der Waals surface area contributed by atoms with Crippen molar-refractivity contribution < 1.29 is 14.3 Å². The van der Waals surface area contributed by atoms with Crippen molar-refractivity contribution in [1.29, 1.82) is 0 Å². The molecule has 1 aliphatic heterocycles. The number of nitrogens with two attached hydrogens (primary N) is 1. The standard InChI is InChI=1S/C14H27N3O3.ClH/c1-5-8-14(2,15)13(19)16-9-10-6-7-11(20-10)12(18)17(3)4;/h10-11H,5-9,15H2,1-4H3,(H,16,19);1H. The number of hydrogen-bond donors (Lipinski definition) is 2. The van der Waals surface area contributed by atoms with Crippen molar-refractivity contribution in [3.8, 4) is 0 Å². The molecule has 0 aromatic rings. The Morgan fingerprint density at radius 1 is 1.38 bits per heavy atom. The number of rotatable bonds is 6. The Bertz CT molecular complexity index is 361. The number of halogens is 1. The molecule has 0 radical (unpaired) electrons. The summed E-state index contributed by atoms with van der Waals surface area (Å²) < 4.78 is 5.66. The van der Waals surface area contributed by atoms with Crippen LogP contribution >= 0.6 is 12.4 Å². The maximum atomic E-state index is 12.0. The predicted molar refractivity (Wildman–Crippen MR) is 84.3 cm³/mol. The van der Waals surface area contributed by atoms with Gasteiger partial charge in [-0.1, -0.05) is 13.3 Å². The van der Waals surface area contributed by atoms with E-state index in [1.807, 2.05) is 6.92 Å². The molecular formula is C14H28ClN3O3. The average molecular weight is 322 g/mol. The van der Waals surface area contributed by atoms with Gasteiger partial charge in [-0.15, -0.1) is 12.4 Å². The first-order valence-corrected chi connectivity index (χ1v) is 7.21. The topological polar surface area (TPSA) is 84.7 Å². The van der Waals surface area contributed by atoms with Gasteiger partial charge in [-0.3, -0.25) is 9.59 Å². The van der Waals surface area contributed by atoms with Gasteiger partial charge in [-0.2, -0.15) is 0 Å². The number of likely N-dealkylation sites (N-methyl/N-ethyl adjacent to an activating group) is 1. The lowest BCUT2D eigenvalue weighted by molar-refractivity contribution is -0.140. The highest BCUT2D eigenvalue weighted by atomic mass is 35.5. The molecule has 2 amide bonds. The fraction of sp³-hybridized carbons (Fsp3) is 0.857. The Balaban J connectivity index is 0.00000400. The van der Waals surface area contributed by atoms with Gasteiger partial charge in [0, 0.05) is 20.6 Å². The van der Waals surface area contributed by atoms with E-state index in [0.29, 0.717) is 19.4 Å². The minimum absolute atomic E-state index is 0. The molecule has 1 heterocycles. The summed E-state index contributed by atoms with van der Waals surface area (Å²) in [7, 11) is 3.43. The SMILES string of the molecule is CCCC(C)(N)C(=O)NCC1CCC(C(=O)N(C)C)O1.Cl. The fourth-order valence-corrected chi connectivity index (χ4v) is 2.37. The third-order valence-corrected chi connectivity index (χ3v) is 3.60. The Labute approximate surface area is 133 Å². The number of carbonyl (C=O) groups excluding carboxylic acids is 2. The third kappa shape index (κ3) is 5.80. The van der Waals surface area contributed by atoms with Gasteiger partial charge in [-0.05, 0) is 26.2 Å². The maximum Gasteiger partial charge on any atom is 0.251 e. The summed E-state index contributed by atoms with van der Waals surface area (Å²) >= 11 is 0. The van der Waals surface area contributed by atoms with Crippen LogP contribution in [0, 0.1) is 0 Å². The summed E-state index contributed by atoms with van der Waals surface area (Å²) in [4.78, 5) is 25.3. The van der Waals surface area contributed by atoms with E-state index in [-0.39, 0.29) is 36.4 Å². The normalized spacial score (nSPS) is 23.9. The van der Waals surface area contributed by atoms with E-state index in [4.69, 9.17) is 10.5 Å². The molecule has 3 N–H and O–H groups in total. The largest absolute Gasteiger partial charge is 0.363 e. The van der Waals surface area contributed by atoms with Crippen LogP contribution in [0.2, 0.25) is 0 Å². The second-order valence-corrected chi connectivity index (χ2v) is 5.93. The van der Waals surface area contributed by atoms with Crippen molar-refractivity contribution in [2.75, 3.05) is 20.6 Å². The zero-order chi connectivity index (χ0) is 15.3. The molecule has 0 aliphatic carbocycles. The second-order valence-electron chi connectivity index (χ2n) is 5.93. The summed E-state index contributed by atoms with van der Waals surface area (Å²) in [6, 6.07) is 0. The van der Waals surface area contributed by atoms with Crippen LogP contribution in [0.4, 0.5) is 0 Å². The van der Waals surface area contributed by atoms with Crippen molar-refractivity contribution in [2.24, 2.45) is 5.73 Å². The summed E-state index contributed by atoms with van der Waals surface area (Å²) in [5.41, 5.74) is 5.12. The van der Waals surface area contributed by atoms with Gasteiger partial charge in [-0.25, -0.2) is 0 Å². The number of hydrogen-bond acceptors (Lipinski definition) is 4. The number of ether oxygens (including phenoxy) is 1. The number of carbonyl (C=O) groups is 2. The van der Waals surface area contributed by atoms with Crippen LogP contribution in [-0.4, -0.2) is 55.1 Å². The average Bonchev–Trinajstić information content (AvgIpc) is 2.83. The van der Waals surface area contributed by atoms with E-state index < -0.39 is 5.54 Å². The first-order valence-electron chi connectivity index (χ1n) is 7.21. The van der Waals surface area contributed by atoms with Crippen molar-refractivity contribution in [2.45, 2.75) is 57.3 Å². The summed E-state index contributed by atoms with van der Waals surface area (Å²) in [5, 5.41) is 2.82. The Morgan fingerprint density at radius 2 is 2.00 bits per heavy atom. The van der Waals surface area contributed by atoms with E-state index in [1.165, 1.54) is 4.90 Å². The minimum Gasteiger partial charge on any atom is -0.363 e. The van der Waals surface area contributed by atoms with Crippen LogP contribution in [0.1, 0.15) is 39.5 Å². The Hall–Kier alpha value is -0.850. The third-order valence-electron chi connectivity index (χ3n) is 3.60. The molecule has 0 bridgehead atoms. The second kappa shape index (κ2) is 8.56. The van der Waals surface area contributed by atoms with E-state index in [9.17, 15) is 9.59 Å². The lowest BCUT2D eigenvalue weighted by atomic mass is 9.96. The van der Waals surface area contributed by atoms with Gasteiger partial charge in [0.1, 0.15) is 6.10 Å². The molecule has 124 valence electrons. The number of amides is 2. The van der Waals surface area contributed by atoms with Gasteiger partial charge in [0.05, 0.1) is 11.6 Å². The van der Waals surface area contributed by atoms with Crippen LogP contribution in [0.15, 0.2) is 0 Å².